The van der Waals surface area contributed by atoms with E-state index < -0.39 is 6.04 Å². The SMILES string of the molecule is CC(C)NC(=O)[C@@H]1C[C@@H](N)CN1C(=O)c1ccc2n[nH]nc2c1. The number of carbonyl (C=O) groups excluding carboxylic acids is 2. The molecule has 1 saturated heterocycles. The Balaban J connectivity index is 1.85. The Hall–Kier alpha value is -2.48. The van der Waals surface area contributed by atoms with Gasteiger partial charge in [-0.15, -0.1) is 0 Å². The summed E-state index contributed by atoms with van der Waals surface area (Å²) in [5, 5.41) is 13.3. The van der Waals surface area contributed by atoms with E-state index in [1.807, 2.05) is 13.8 Å². The monoisotopic (exact) mass is 316 g/mol. The number of nitrogens with two attached hydrogens (primary N) is 1. The molecule has 3 rings (SSSR count). The smallest absolute Gasteiger partial charge is 0.254 e. The maximum atomic E-state index is 12.8. The molecule has 4 N–H and O–H groups in total. The van der Waals surface area contributed by atoms with Crippen molar-refractivity contribution in [3.63, 3.8) is 0 Å². The summed E-state index contributed by atoms with van der Waals surface area (Å²) in [5.41, 5.74) is 7.75. The molecule has 1 aromatic heterocycles. The van der Waals surface area contributed by atoms with Gasteiger partial charge in [0.15, 0.2) is 0 Å². The normalized spacial score (nSPS) is 21.1. The summed E-state index contributed by atoms with van der Waals surface area (Å²) in [5.74, 6) is -0.379. The number of H-pyrrole nitrogens is 1. The Morgan fingerprint density at radius 1 is 1.35 bits per heavy atom. The third-order valence-corrected chi connectivity index (χ3v) is 3.89. The molecular formula is C15H20N6O2. The number of rotatable bonds is 3. The quantitative estimate of drug-likeness (QED) is 0.738. The van der Waals surface area contributed by atoms with Gasteiger partial charge in [-0.2, -0.15) is 15.4 Å². The number of nitrogens with one attached hydrogen (secondary N) is 2. The molecule has 0 bridgehead atoms. The fraction of sp³-hybridized carbons (Fsp3) is 0.467. The predicted octanol–water partition coefficient (Wildman–Crippen LogP) is 0.0243. The van der Waals surface area contributed by atoms with E-state index in [0.29, 0.717) is 29.6 Å². The van der Waals surface area contributed by atoms with E-state index in [-0.39, 0.29) is 23.9 Å². The Morgan fingerprint density at radius 3 is 2.83 bits per heavy atom. The highest BCUT2D eigenvalue weighted by Crippen LogP contribution is 2.21. The third kappa shape index (κ3) is 3.02. The van der Waals surface area contributed by atoms with Crippen molar-refractivity contribution in [2.24, 2.45) is 5.73 Å². The number of carbonyl (C=O) groups is 2. The van der Waals surface area contributed by atoms with Gasteiger partial charge in [0.05, 0.1) is 0 Å². The maximum Gasteiger partial charge on any atom is 0.254 e. The Kier molecular flexibility index (Phi) is 3.99. The van der Waals surface area contributed by atoms with E-state index in [4.69, 9.17) is 5.73 Å². The fourth-order valence-corrected chi connectivity index (χ4v) is 2.86. The summed E-state index contributed by atoms with van der Waals surface area (Å²) >= 11 is 0. The summed E-state index contributed by atoms with van der Waals surface area (Å²) in [6, 6.07) is 4.37. The van der Waals surface area contributed by atoms with E-state index in [2.05, 4.69) is 20.7 Å². The molecule has 0 radical (unpaired) electrons. The summed E-state index contributed by atoms with van der Waals surface area (Å²) in [4.78, 5) is 26.7. The Bertz CT molecular complexity index is 740. The number of hydrogen-bond donors (Lipinski definition) is 3. The molecule has 2 heterocycles. The number of fused-ring (bicyclic) bond motifs is 1. The summed E-state index contributed by atoms with van der Waals surface area (Å²) in [6.07, 6.45) is 0.469. The zero-order valence-corrected chi connectivity index (χ0v) is 13.1. The van der Waals surface area contributed by atoms with Crippen LogP contribution in [-0.4, -0.2) is 56.8 Å². The van der Waals surface area contributed by atoms with Crippen molar-refractivity contribution in [3.8, 4) is 0 Å². The third-order valence-electron chi connectivity index (χ3n) is 3.89. The van der Waals surface area contributed by atoms with Gasteiger partial charge in [-0.25, -0.2) is 0 Å². The first-order chi connectivity index (χ1) is 11.0. The number of nitrogens with zero attached hydrogens (tertiary/aromatic N) is 3. The minimum Gasteiger partial charge on any atom is -0.352 e. The molecule has 1 aliphatic heterocycles. The molecule has 0 saturated carbocycles. The van der Waals surface area contributed by atoms with Crippen molar-refractivity contribution < 1.29 is 9.59 Å². The molecule has 0 spiro atoms. The number of aromatic amines is 1. The van der Waals surface area contributed by atoms with Crippen molar-refractivity contribution in [1.29, 1.82) is 0 Å². The zero-order chi connectivity index (χ0) is 16.6. The minimum absolute atomic E-state index is 0.0164. The lowest BCUT2D eigenvalue weighted by atomic mass is 10.1. The van der Waals surface area contributed by atoms with Gasteiger partial charge in [0.1, 0.15) is 17.1 Å². The van der Waals surface area contributed by atoms with Crippen LogP contribution in [0.15, 0.2) is 18.2 Å². The predicted molar refractivity (Wildman–Crippen MR) is 84.6 cm³/mol. The van der Waals surface area contributed by atoms with Crippen LogP contribution in [0.2, 0.25) is 0 Å². The first kappa shape index (κ1) is 15.4. The van der Waals surface area contributed by atoms with Crippen molar-refractivity contribution in [2.45, 2.75) is 38.4 Å². The van der Waals surface area contributed by atoms with Crippen molar-refractivity contribution in [1.82, 2.24) is 25.6 Å². The van der Waals surface area contributed by atoms with Gasteiger partial charge in [-0.05, 0) is 38.5 Å². The van der Waals surface area contributed by atoms with Crippen LogP contribution in [0.4, 0.5) is 0 Å². The van der Waals surface area contributed by atoms with Crippen LogP contribution < -0.4 is 11.1 Å². The molecule has 2 aromatic rings. The number of aromatic nitrogens is 3. The molecule has 1 aliphatic rings. The number of benzene rings is 1. The van der Waals surface area contributed by atoms with Crippen molar-refractivity contribution in [3.05, 3.63) is 23.8 Å². The summed E-state index contributed by atoms with van der Waals surface area (Å²) in [7, 11) is 0. The van der Waals surface area contributed by atoms with E-state index in [9.17, 15) is 9.59 Å². The largest absolute Gasteiger partial charge is 0.352 e. The topological polar surface area (TPSA) is 117 Å². The van der Waals surface area contributed by atoms with Crippen molar-refractivity contribution in [2.75, 3.05) is 6.54 Å². The average molecular weight is 316 g/mol. The van der Waals surface area contributed by atoms with Gasteiger partial charge in [-0.3, -0.25) is 9.59 Å². The van der Waals surface area contributed by atoms with Crippen LogP contribution in [-0.2, 0) is 4.79 Å². The first-order valence-corrected chi connectivity index (χ1v) is 7.63. The molecule has 1 fully saturated rings. The molecular weight excluding hydrogens is 296 g/mol. The van der Waals surface area contributed by atoms with E-state index in [0.717, 1.165) is 0 Å². The van der Waals surface area contributed by atoms with Crippen LogP contribution in [0.25, 0.3) is 11.0 Å². The van der Waals surface area contributed by atoms with Gasteiger partial charge in [0.2, 0.25) is 5.91 Å². The van der Waals surface area contributed by atoms with E-state index >= 15 is 0 Å². The molecule has 122 valence electrons. The minimum atomic E-state index is -0.534. The van der Waals surface area contributed by atoms with E-state index in [1.54, 1.807) is 23.1 Å². The highest BCUT2D eigenvalue weighted by Gasteiger charge is 2.38. The molecule has 23 heavy (non-hydrogen) atoms. The highest BCUT2D eigenvalue weighted by atomic mass is 16.2. The second-order valence-electron chi connectivity index (χ2n) is 6.16. The molecule has 8 heteroatoms. The van der Waals surface area contributed by atoms with Crippen LogP contribution >= 0.6 is 0 Å². The zero-order valence-electron chi connectivity index (χ0n) is 13.1. The standard InChI is InChI=1S/C15H20N6O2/c1-8(2)17-14(22)13-6-10(16)7-21(13)15(23)9-3-4-11-12(5-9)19-20-18-11/h3-5,8,10,13H,6-7,16H2,1-2H3,(H,17,22)(H,18,19,20)/t10-,13+/m1/s1. The van der Waals surface area contributed by atoms with Crippen LogP contribution in [0.5, 0.6) is 0 Å². The maximum absolute atomic E-state index is 12.8. The second kappa shape index (κ2) is 5.96. The summed E-state index contributed by atoms with van der Waals surface area (Å²) in [6.45, 7) is 4.14. The Morgan fingerprint density at radius 2 is 2.09 bits per heavy atom. The summed E-state index contributed by atoms with van der Waals surface area (Å²) < 4.78 is 0. The number of likely N-dealkylation sites (tertiary alicyclic amines) is 1. The molecule has 0 aliphatic carbocycles. The van der Waals surface area contributed by atoms with Crippen LogP contribution in [0.3, 0.4) is 0 Å². The van der Waals surface area contributed by atoms with Gasteiger partial charge in [0.25, 0.3) is 5.91 Å². The van der Waals surface area contributed by atoms with Crippen molar-refractivity contribution >= 4 is 22.8 Å². The number of amides is 2. The average Bonchev–Trinajstić information content (AvgIpc) is 3.11. The van der Waals surface area contributed by atoms with Gasteiger partial charge < -0.3 is 16.0 Å². The van der Waals surface area contributed by atoms with Gasteiger partial charge in [0, 0.05) is 24.2 Å². The second-order valence-corrected chi connectivity index (χ2v) is 6.16. The highest BCUT2D eigenvalue weighted by molar-refractivity contribution is 6.00. The number of hydrogen-bond acceptors (Lipinski definition) is 5. The first-order valence-electron chi connectivity index (χ1n) is 7.63. The lowest BCUT2D eigenvalue weighted by molar-refractivity contribution is -0.125. The van der Waals surface area contributed by atoms with Gasteiger partial charge >= 0.3 is 0 Å². The van der Waals surface area contributed by atoms with E-state index in [1.165, 1.54) is 0 Å². The molecule has 8 nitrogen and oxygen atoms in total. The lowest BCUT2D eigenvalue weighted by Crippen LogP contribution is -2.47. The molecule has 2 amide bonds. The molecule has 1 aromatic carbocycles. The van der Waals surface area contributed by atoms with Crippen LogP contribution in [0, 0.1) is 0 Å². The van der Waals surface area contributed by atoms with Gasteiger partial charge in [-0.1, -0.05) is 0 Å². The Labute approximate surface area is 133 Å². The molecule has 0 unspecified atom stereocenters. The fourth-order valence-electron chi connectivity index (χ4n) is 2.86. The lowest BCUT2D eigenvalue weighted by Gasteiger charge is -2.24. The molecule has 2 atom stereocenters. The van der Waals surface area contributed by atoms with Crippen LogP contribution in [0.1, 0.15) is 30.6 Å².